The van der Waals surface area contributed by atoms with Crippen molar-refractivity contribution in [2.75, 3.05) is 18.4 Å². The first kappa shape index (κ1) is 14.2. The Morgan fingerprint density at radius 1 is 1.43 bits per heavy atom. The van der Waals surface area contributed by atoms with Gasteiger partial charge in [-0.15, -0.1) is 11.3 Å². The van der Waals surface area contributed by atoms with Gasteiger partial charge in [0.25, 0.3) is 0 Å². The lowest BCUT2D eigenvalue weighted by atomic mass is 10.2. The van der Waals surface area contributed by atoms with Gasteiger partial charge in [-0.3, -0.25) is 14.4 Å². The van der Waals surface area contributed by atoms with Crippen molar-refractivity contribution in [3.63, 3.8) is 0 Å². The first-order valence-electron chi connectivity index (χ1n) is 7.06. The molecule has 2 aromatic rings. The van der Waals surface area contributed by atoms with Crippen molar-refractivity contribution in [1.29, 1.82) is 0 Å². The molecule has 2 aromatic heterocycles. The van der Waals surface area contributed by atoms with Crippen LogP contribution in [0.2, 0.25) is 0 Å². The Kier molecular flexibility index (Phi) is 4.03. The number of thiazole rings is 1. The second kappa shape index (κ2) is 5.95. The molecule has 3 rings (SSSR count). The summed E-state index contributed by atoms with van der Waals surface area (Å²) in [6.07, 6.45) is 6.01. The second-order valence-electron chi connectivity index (χ2n) is 5.36. The number of hydrogen-bond donors (Lipinski definition) is 1. The Morgan fingerprint density at radius 3 is 3.05 bits per heavy atom. The molecule has 0 aromatic carbocycles. The Hall–Kier alpha value is -1.73. The number of hydrogen-bond acceptors (Lipinski definition) is 5. The first-order valence-corrected chi connectivity index (χ1v) is 7.88. The van der Waals surface area contributed by atoms with E-state index in [1.165, 1.54) is 23.1 Å². The van der Waals surface area contributed by atoms with Gasteiger partial charge in [-0.05, 0) is 12.0 Å². The molecular weight excluding hydrogens is 286 g/mol. The van der Waals surface area contributed by atoms with Gasteiger partial charge in [0.2, 0.25) is 5.91 Å². The molecule has 0 spiro atoms. The molecule has 0 unspecified atom stereocenters. The zero-order valence-electron chi connectivity index (χ0n) is 12.3. The van der Waals surface area contributed by atoms with E-state index in [0.717, 1.165) is 32.5 Å². The fourth-order valence-electron chi connectivity index (χ4n) is 2.62. The largest absolute Gasteiger partial charge is 0.302 e. The predicted octanol–water partition coefficient (Wildman–Crippen LogP) is 1.44. The molecule has 3 heterocycles. The maximum absolute atomic E-state index is 11.0. The van der Waals surface area contributed by atoms with Crippen molar-refractivity contribution in [2.45, 2.75) is 26.3 Å². The van der Waals surface area contributed by atoms with E-state index < -0.39 is 0 Å². The van der Waals surface area contributed by atoms with E-state index in [9.17, 15) is 4.79 Å². The number of nitrogens with zero attached hydrogens (tertiary/aromatic N) is 4. The summed E-state index contributed by atoms with van der Waals surface area (Å²) in [4.78, 5) is 18.9. The molecule has 21 heavy (non-hydrogen) atoms. The zero-order chi connectivity index (χ0) is 14.8. The molecule has 0 bridgehead atoms. The van der Waals surface area contributed by atoms with Crippen molar-refractivity contribution in [1.82, 2.24) is 19.7 Å². The van der Waals surface area contributed by atoms with Crippen molar-refractivity contribution in [3.05, 3.63) is 28.5 Å². The molecule has 1 aliphatic rings. The van der Waals surface area contributed by atoms with Crippen LogP contribution in [0.25, 0.3) is 0 Å². The third-order valence-corrected chi connectivity index (χ3v) is 4.47. The minimum atomic E-state index is -0.0763. The number of nitrogens with one attached hydrogen (secondary N) is 1. The zero-order valence-corrected chi connectivity index (χ0v) is 13.1. The van der Waals surface area contributed by atoms with Crippen LogP contribution >= 0.6 is 11.3 Å². The van der Waals surface area contributed by atoms with E-state index >= 15 is 0 Å². The minimum Gasteiger partial charge on any atom is -0.302 e. The number of rotatable bonds is 3. The molecule has 6 nitrogen and oxygen atoms in total. The van der Waals surface area contributed by atoms with E-state index in [2.05, 4.69) is 26.5 Å². The maximum atomic E-state index is 11.0. The van der Waals surface area contributed by atoms with Crippen LogP contribution in [0.4, 0.5) is 5.13 Å². The predicted molar refractivity (Wildman–Crippen MR) is 82.3 cm³/mol. The van der Waals surface area contributed by atoms with Gasteiger partial charge in [0.05, 0.1) is 5.69 Å². The maximum Gasteiger partial charge on any atom is 0.223 e. The molecule has 0 aliphatic carbocycles. The van der Waals surface area contributed by atoms with Crippen LogP contribution in [0.15, 0.2) is 12.4 Å². The molecule has 1 amide bonds. The van der Waals surface area contributed by atoms with Gasteiger partial charge in [0, 0.05) is 57.3 Å². The number of anilines is 1. The van der Waals surface area contributed by atoms with Gasteiger partial charge in [-0.1, -0.05) is 0 Å². The Balaban J connectivity index is 1.60. The molecule has 0 atom stereocenters. The lowest BCUT2D eigenvalue weighted by molar-refractivity contribution is -0.114. The van der Waals surface area contributed by atoms with Crippen molar-refractivity contribution < 1.29 is 4.79 Å². The average molecular weight is 305 g/mol. The van der Waals surface area contributed by atoms with Crippen LogP contribution < -0.4 is 5.32 Å². The van der Waals surface area contributed by atoms with Gasteiger partial charge < -0.3 is 5.32 Å². The summed E-state index contributed by atoms with van der Waals surface area (Å²) in [5.74, 6) is -0.0763. The summed E-state index contributed by atoms with van der Waals surface area (Å²) in [5, 5.41) is 7.93. The van der Waals surface area contributed by atoms with E-state index in [4.69, 9.17) is 0 Å². The average Bonchev–Trinajstić information content (AvgIpc) is 2.94. The number of aromatic nitrogens is 3. The van der Waals surface area contributed by atoms with Crippen LogP contribution in [-0.2, 0) is 31.2 Å². The Morgan fingerprint density at radius 2 is 2.24 bits per heavy atom. The van der Waals surface area contributed by atoms with Gasteiger partial charge in [0.15, 0.2) is 5.13 Å². The van der Waals surface area contributed by atoms with E-state index in [0.29, 0.717) is 5.13 Å². The number of aryl methyl sites for hydroxylation is 1. The molecular formula is C14H19N5OS. The molecule has 1 aliphatic heterocycles. The van der Waals surface area contributed by atoms with Gasteiger partial charge in [0.1, 0.15) is 0 Å². The standard InChI is InChI=1S/C14H19N5OS/c1-10(20)16-14-15-7-12(21-14)9-19-5-3-11-8-18(2)17-13(11)4-6-19/h7-8H,3-6,9H2,1-2H3,(H,15,16,20). The number of carbonyl (C=O) groups excluding carboxylic acids is 1. The highest BCUT2D eigenvalue weighted by molar-refractivity contribution is 7.15. The Labute approximate surface area is 127 Å². The third-order valence-electron chi connectivity index (χ3n) is 3.57. The molecule has 0 fully saturated rings. The highest BCUT2D eigenvalue weighted by Crippen LogP contribution is 2.21. The highest BCUT2D eigenvalue weighted by atomic mass is 32.1. The lowest BCUT2D eigenvalue weighted by Crippen LogP contribution is -2.25. The van der Waals surface area contributed by atoms with Gasteiger partial charge in [-0.25, -0.2) is 4.98 Å². The van der Waals surface area contributed by atoms with Crippen LogP contribution in [-0.4, -0.2) is 38.7 Å². The normalized spacial score (nSPS) is 15.5. The fraction of sp³-hybridized carbons (Fsp3) is 0.500. The number of amides is 1. The van der Waals surface area contributed by atoms with Crippen LogP contribution in [0.5, 0.6) is 0 Å². The number of carbonyl (C=O) groups is 1. The monoisotopic (exact) mass is 305 g/mol. The van der Waals surface area contributed by atoms with Crippen LogP contribution in [0.3, 0.4) is 0 Å². The molecule has 1 N–H and O–H groups in total. The number of fused-ring (bicyclic) bond motifs is 1. The van der Waals surface area contributed by atoms with E-state index in [1.54, 1.807) is 11.3 Å². The summed E-state index contributed by atoms with van der Waals surface area (Å²) in [5.41, 5.74) is 2.59. The summed E-state index contributed by atoms with van der Waals surface area (Å²) < 4.78 is 1.91. The van der Waals surface area contributed by atoms with Crippen molar-refractivity contribution >= 4 is 22.4 Å². The summed E-state index contributed by atoms with van der Waals surface area (Å²) >= 11 is 1.55. The molecule has 7 heteroatoms. The SMILES string of the molecule is CC(=O)Nc1ncc(CN2CCc3cn(C)nc3CC2)s1. The lowest BCUT2D eigenvalue weighted by Gasteiger charge is -2.18. The Bertz CT molecular complexity index is 622. The van der Waals surface area contributed by atoms with Crippen LogP contribution in [0.1, 0.15) is 23.1 Å². The van der Waals surface area contributed by atoms with Crippen LogP contribution in [0, 0.1) is 0 Å². The minimum absolute atomic E-state index is 0.0763. The fourth-order valence-corrected chi connectivity index (χ4v) is 3.53. The summed E-state index contributed by atoms with van der Waals surface area (Å²) in [6.45, 7) is 4.43. The highest BCUT2D eigenvalue weighted by Gasteiger charge is 2.17. The molecule has 0 saturated carbocycles. The van der Waals surface area contributed by atoms with Crippen molar-refractivity contribution in [2.24, 2.45) is 7.05 Å². The molecule has 112 valence electrons. The molecule has 0 radical (unpaired) electrons. The second-order valence-corrected chi connectivity index (χ2v) is 6.48. The van der Waals surface area contributed by atoms with E-state index in [-0.39, 0.29) is 5.91 Å². The van der Waals surface area contributed by atoms with Crippen molar-refractivity contribution in [3.8, 4) is 0 Å². The molecule has 0 saturated heterocycles. The summed E-state index contributed by atoms with van der Waals surface area (Å²) in [7, 11) is 1.98. The smallest absolute Gasteiger partial charge is 0.223 e. The first-order chi connectivity index (χ1) is 10.1. The topological polar surface area (TPSA) is 63.1 Å². The van der Waals surface area contributed by atoms with Gasteiger partial charge in [-0.2, -0.15) is 5.10 Å². The van der Waals surface area contributed by atoms with E-state index in [1.807, 2.05) is 17.9 Å². The van der Waals surface area contributed by atoms with Gasteiger partial charge >= 0.3 is 0 Å². The third kappa shape index (κ3) is 3.48. The quantitative estimate of drug-likeness (QED) is 0.932. The summed E-state index contributed by atoms with van der Waals surface area (Å²) in [6, 6.07) is 0.